The summed E-state index contributed by atoms with van der Waals surface area (Å²) in [7, 11) is 4.15. The third-order valence-corrected chi connectivity index (χ3v) is 16.9. The number of carboxylic acids is 1. The van der Waals surface area contributed by atoms with E-state index in [1.54, 1.807) is 20.0 Å². The van der Waals surface area contributed by atoms with Crippen molar-refractivity contribution in [1.82, 2.24) is 24.6 Å². The zero-order valence-corrected chi connectivity index (χ0v) is 37.1. The van der Waals surface area contributed by atoms with Crippen LogP contribution in [0.1, 0.15) is 132 Å². The molecule has 1 N–H and O–H groups in total. The molecule has 0 bridgehead atoms. The molecular weight excluding hydrogens is 738 g/mol. The Morgan fingerprint density at radius 2 is 1.70 bits per heavy atom. The number of ketones is 1. The molecule has 2 unspecified atom stereocenters. The molecule has 5 aliphatic rings. The molecule has 0 spiro atoms. The van der Waals surface area contributed by atoms with Crippen molar-refractivity contribution in [2.45, 2.75) is 145 Å². The highest BCUT2D eigenvalue weighted by Crippen LogP contribution is 2.76. The number of ether oxygens (including phenoxy) is 1. The largest absolute Gasteiger partial charge is 0.481 e. The van der Waals surface area contributed by atoms with Gasteiger partial charge in [0.15, 0.2) is 11.6 Å². The second kappa shape index (κ2) is 14.3. The number of aliphatic carboxylic acids is 1. The van der Waals surface area contributed by atoms with Crippen LogP contribution in [0.4, 0.5) is 0 Å². The molecule has 2 heterocycles. The fourth-order valence-corrected chi connectivity index (χ4v) is 13.7. The first kappa shape index (κ1) is 42.0. The van der Waals surface area contributed by atoms with Gasteiger partial charge in [-0.05, 0) is 143 Å². The van der Waals surface area contributed by atoms with Gasteiger partial charge in [-0.25, -0.2) is 0 Å². The number of pyridine rings is 1. The Morgan fingerprint density at radius 3 is 2.33 bits per heavy atom. The van der Waals surface area contributed by atoms with E-state index in [0.29, 0.717) is 35.6 Å². The highest BCUT2D eigenvalue weighted by Gasteiger charge is 2.71. The number of hydrogen-bond donors (Lipinski definition) is 1. The lowest BCUT2D eigenvalue weighted by atomic mass is 9.33. The number of carbonyl (C=O) groups is 3. The van der Waals surface area contributed by atoms with Crippen molar-refractivity contribution < 1.29 is 24.2 Å². The Morgan fingerprint density at radius 1 is 0.982 bits per heavy atom. The number of hydrogen-bond acceptors (Lipinski definition) is 8. The number of aromatic nitrogens is 4. The van der Waals surface area contributed by atoms with Crippen LogP contribution in [0.25, 0.3) is 11.5 Å². The molecule has 0 aromatic carbocycles. The van der Waals surface area contributed by atoms with E-state index in [2.05, 4.69) is 77.0 Å². The second-order valence-electron chi connectivity index (χ2n) is 21.1. The maximum Gasteiger partial charge on any atom is 0.309 e. The molecule has 4 fully saturated rings. The highest BCUT2D eigenvalue weighted by atomic mass is 35.5. The first-order valence-corrected chi connectivity index (χ1v) is 21.8. The molecule has 2 aromatic heterocycles. The van der Waals surface area contributed by atoms with E-state index < -0.39 is 22.8 Å². The predicted octanol–water partition coefficient (Wildman–Crippen LogP) is 9.20. The Labute approximate surface area is 345 Å². The van der Waals surface area contributed by atoms with E-state index in [1.807, 2.05) is 12.1 Å². The van der Waals surface area contributed by atoms with Crippen LogP contribution in [0.15, 0.2) is 29.5 Å². The number of halogens is 1. The van der Waals surface area contributed by atoms with Gasteiger partial charge in [0.05, 0.1) is 22.3 Å². The smallest absolute Gasteiger partial charge is 0.309 e. The van der Waals surface area contributed by atoms with Crippen LogP contribution in [-0.2, 0) is 31.1 Å². The number of rotatable bonds is 10. The van der Waals surface area contributed by atoms with E-state index in [1.165, 1.54) is 5.57 Å². The van der Waals surface area contributed by atoms with Crippen LogP contribution in [0.3, 0.4) is 0 Å². The average Bonchev–Trinajstić information content (AvgIpc) is 3.68. The van der Waals surface area contributed by atoms with Crippen molar-refractivity contribution in [3.8, 4) is 11.5 Å². The molecule has 0 radical (unpaired) electrons. The zero-order valence-electron chi connectivity index (χ0n) is 36.3. The van der Waals surface area contributed by atoms with Crippen molar-refractivity contribution in [3.05, 3.63) is 40.3 Å². The summed E-state index contributed by atoms with van der Waals surface area (Å²) in [6, 6.07) is 3.75. The molecule has 312 valence electrons. The van der Waals surface area contributed by atoms with Gasteiger partial charge in [0.1, 0.15) is 17.6 Å². The van der Waals surface area contributed by atoms with Crippen molar-refractivity contribution in [2.24, 2.45) is 50.7 Å². The molecule has 57 heavy (non-hydrogen) atoms. The summed E-state index contributed by atoms with van der Waals surface area (Å²) < 4.78 is 8.46. The van der Waals surface area contributed by atoms with Crippen molar-refractivity contribution in [2.75, 3.05) is 20.6 Å². The number of carboxylic acid groups (broad SMARTS) is 1. The van der Waals surface area contributed by atoms with Gasteiger partial charge in [-0.15, -0.1) is 10.2 Å². The van der Waals surface area contributed by atoms with Gasteiger partial charge in [0.25, 0.3) is 0 Å². The lowest BCUT2D eigenvalue weighted by molar-refractivity contribution is -0.232. The third kappa shape index (κ3) is 6.44. The van der Waals surface area contributed by atoms with Gasteiger partial charge in [-0.1, -0.05) is 60.1 Å². The monoisotopic (exact) mass is 803 g/mol. The highest BCUT2D eigenvalue weighted by molar-refractivity contribution is 6.30. The van der Waals surface area contributed by atoms with Gasteiger partial charge >= 0.3 is 11.9 Å². The van der Waals surface area contributed by atoms with E-state index in [4.69, 9.17) is 26.5 Å². The predicted molar refractivity (Wildman–Crippen MR) is 221 cm³/mol. The fourth-order valence-electron chi connectivity index (χ4n) is 13.6. The molecule has 4 saturated carbocycles. The molecule has 0 saturated heterocycles. The molecule has 11 heteroatoms. The summed E-state index contributed by atoms with van der Waals surface area (Å²) in [6.07, 6.45) is 9.56. The summed E-state index contributed by atoms with van der Waals surface area (Å²) in [5, 5.41) is 20.1. The quantitative estimate of drug-likeness (QED) is 0.234. The number of allylic oxidation sites excluding steroid dienone is 2. The SMILES string of the molecule is CC(C)C1=C2C3CCC4[C@@]5(C)CC[C@H](OC(=O)CC(C)(C)C(=O)O)C(C)(C)[C@@H]5CC[C@@]4(C)[C@]3(C)CC[C@@]2(c2nnc(-c3ccc(Cl)cn3)n2CCN(C)C)CC1=O. The Kier molecular flexibility index (Phi) is 10.5. The number of likely N-dealkylation sites (N-methyl/N-ethyl adjacent to an activating group) is 1. The molecule has 5 aliphatic carbocycles. The van der Waals surface area contributed by atoms with Gasteiger partial charge < -0.3 is 19.3 Å². The number of Topliss-reactive ketones (excluding diaryl/α,β-unsaturated/α-hetero) is 1. The standard InChI is InChI=1S/C46H66ClN5O5/c1-27(2)36-31(53)24-46(39-50-49-38(52(39)23-22-51(10)11)30-14-12-28(47)26-48-30)21-20-44(8)29(37(36)46)13-15-33-43(7)18-17-34(57-35(54)25-41(3,4)40(55)56)42(5,6)32(43)16-19-45(33,44)9/h12,14,26-27,29,32-34H,13,15-25H2,1-11H3,(H,55,56)/t29?,32-,33?,34-,43-,44+,45+,46+/m0/s1. The molecule has 2 aromatic rings. The van der Waals surface area contributed by atoms with Gasteiger partial charge in [0.2, 0.25) is 0 Å². The zero-order chi connectivity index (χ0) is 41.7. The Hall–Kier alpha value is -3.11. The summed E-state index contributed by atoms with van der Waals surface area (Å²) in [6.45, 7) is 21.3. The molecule has 7 rings (SSSR count). The maximum absolute atomic E-state index is 14.5. The lowest BCUT2D eigenvalue weighted by Gasteiger charge is -2.72. The minimum atomic E-state index is -1.17. The Bertz CT molecular complexity index is 1970. The summed E-state index contributed by atoms with van der Waals surface area (Å²) >= 11 is 6.26. The topological polar surface area (TPSA) is 128 Å². The van der Waals surface area contributed by atoms with Crippen LogP contribution in [0.2, 0.25) is 5.02 Å². The minimum absolute atomic E-state index is 0.0294. The summed E-state index contributed by atoms with van der Waals surface area (Å²) in [5.74, 6) is 1.66. The van der Waals surface area contributed by atoms with Crippen LogP contribution in [-0.4, -0.2) is 74.2 Å². The van der Waals surface area contributed by atoms with E-state index >= 15 is 0 Å². The summed E-state index contributed by atoms with van der Waals surface area (Å²) in [5.41, 5.74) is 1.21. The molecule has 0 aliphatic heterocycles. The Balaban J connectivity index is 1.25. The first-order valence-electron chi connectivity index (χ1n) is 21.4. The van der Waals surface area contributed by atoms with E-state index in [0.717, 1.165) is 75.0 Å². The lowest BCUT2D eigenvalue weighted by Crippen LogP contribution is -2.66. The van der Waals surface area contributed by atoms with Crippen molar-refractivity contribution in [1.29, 1.82) is 0 Å². The van der Waals surface area contributed by atoms with Gasteiger partial charge in [0, 0.05) is 31.1 Å². The number of carbonyl (C=O) groups excluding carboxylic acids is 2. The van der Waals surface area contributed by atoms with Crippen molar-refractivity contribution >= 4 is 29.3 Å². The fraction of sp³-hybridized carbons (Fsp3) is 0.739. The minimum Gasteiger partial charge on any atom is -0.481 e. The first-order chi connectivity index (χ1) is 26.5. The number of esters is 1. The van der Waals surface area contributed by atoms with Crippen LogP contribution < -0.4 is 0 Å². The van der Waals surface area contributed by atoms with E-state index in [-0.39, 0.29) is 51.8 Å². The number of nitrogens with zero attached hydrogens (tertiary/aromatic N) is 5. The van der Waals surface area contributed by atoms with Crippen LogP contribution in [0.5, 0.6) is 0 Å². The van der Waals surface area contributed by atoms with Crippen LogP contribution in [0, 0.1) is 50.7 Å². The maximum atomic E-state index is 14.5. The second-order valence-corrected chi connectivity index (χ2v) is 21.6. The molecule has 0 amide bonds. The van der Waals surface area contributed by atoms with Gasteiger partial charge in [-0.3, -0.25) is 19.4 Å². The summed E-state index contributed by atoms with van der Waals surface area (Å²) in [4.78, 5) is 46.3. The molecule has 10 nitrogen and oxygen atoms in total. The average molecular weight is 805 g/mol. The van der Waals surface area contributed by atoms with E-state index in [9.17, 15) is 19.5 Å². The molecular formula is C46H66ClN5O5. The normalized spacial score (nSPS) is 34.8. The molecule has 8 atom stereocenters. The number of fused-ring (bicyclic) bond motifs is 7. The third-order valence-electron chi connectivity index (χ3n) is 16.7. The van der Waals surface area contributed by atoms with Crippen LogP contribution >= 0.6 is 11.6 Å². The van der Waals surface area contributed by atoms with Gasteiger partial charge in [-0.2, -0.15) is 0 Å². The van der Waals surface area contributed by atoms with Crippen molar-refractivity contribution in [3.63, 3.8) is 0 Å².